The fraction of sp³-hybridized carbons (Fsp3) is 0.318. The average Bonchev–Trinajstić information content (AvgIpc) is 3.26. The van der Waals surface area contributed by atoms with Crippen LogP contribution in [-0.2, 0) is 6.42 Å². The largest absolute Gasteiger partial charge is 0.359 e. The van der Waals surface area contributed by atoms with E-state index < -0.39 is 0 Å². The highest BCUT2D eigenvalue weighted by molar-refractivity contribution is 7.80. The third kappa shape index (κ3) is 3.93. The van der Waals surface area contributed by atoms with Gasteiger partial charge in [0.15, 0.2) is 5.11 Å². The van der Waals surface area contributed by atoms with Crippen LogP contribution in [0.5, 0.6) is 0 Å². The van der Waals surface area contributed by atoms with Crippen molar-refractivity contribution in [3.8, 4) is 0 Å². The molecular formula is C22H24N2S. The second kappa shape index (κ2) is 7.40. The van der Waals surface area contributed by atoms with Gasteiger partial charge in [-0.1, -0.05) is 72.8 Å². The van der Waals surface area contributed by atoms with Gasteiger partial charge in [0.05, 0.1) is 6.04 Å². The molecule has 0 heterocycles. The molecule has 2 aromatic carbocycles. The molecule has 4 rings (SSSR count). The van der Waals surface area contributed by atoms with Gasteiger partial charge in [0, 0.05) is 6.04 Å². The second-order valence-corrected chi connectivity index (χ2v) is 7.57. The Labute approximate surface area is 155 Å². The smallest absolute Gasteiger partial charge is 0.167 e. The van der Waals surface area contributed by atoms with E-state index in [1.54, 1.807) is 0 Å². The van der Waals surface area contributed by atoms with Gasteiger partial charge < -0.3 is 10.6 Å². The zero-order valence-corrected chi connectivity index (χ0v) is 15.1. The van der Waals surface area contributed by atoms with Crippen LogP contribution in [0.4, 0.5) is 0 Å². The van der Waals surface area contributed by atoms with E-state index in [4.69, 9.17) is 12.2 Å². The molecule has 0 saturated heterocycles. The minimum Gasteiger partial charge on any atom is -0.359 e. The predicted molar refractivity (Wildman–Crippen MR) is 107 cm³/mol. The molecule has 4 unspecified atom stereocenters. The summed E-state index contributed by atoms with van der Waals surface area (Å²) in [5.74, 6) is 1.40. The number of rotatable bonds is 5. The lowest BCUT2D eigenvalue weighted by Gasteiger charge is -2.26. The topological polar surface area (TPSA) is 24.1 Å². The third-order valence-corrected chi connectivity index (χ3v) is 5.62. The molecule has 2 aromatic rings. The molecule has 2 nitrogen and oxygen atoms in total. The molecule has 1 fully saturated rings. The zero-order valence-electron chi connectivity index (χ0n) is 14.3. The first-order valence-electron chi connectivity index (χ1n) is 9.12. The van der Waals surface area contributed by atoms with Gasteiger partial charge in [0.1, 0.15) is 0 Å². The molecule has 2 bridgehead atoms. The molecule has 25 heavy (non-hydrogen) atoms. The number of nitrogens with one attached hydrogen (secondary N) is 2. The van der Waals surface area contributed by atoms with Crippen LogP contribution < -0.4 is 10.6 Å². The van der Waals surface area contributed by atoms with E-state index in [2.05, 4.69) is 83.4 Å². The summed E-state index contributed by atoms with van der Waals surface area (Å²) in [7, 11) is 0. The molecule has 0 aromatic heterocycles. The van der Waals surface area contributed by atoms with E-state index in [9.17, 15) is 0 Å². The minimum atomic E-state index is 0.178. The van der Waals surface area contributed by atoms with Gasteiger partial charge in [-0.2, -0.15) is 0 Å². The highest BCUT2D eigenvalue weighted by Crippen LogP contribution is 2.38. The maximum absolute atomic E-state index is 5.65. The summed E-state index contributed by atoms with van der Waals surface area (Å²) in [5, 5.41) is 7.90. The van der Waals surface area contributed by atoms with Crippen molar-refractivity contribution in [3.63, 3.8) is 0 Å². The molecule has 2 N–H and O–H groups in total. The van der Waals surface area contributed by atoms with Crippen LogP contribution in [0.1, 0.15) is 30.0 Å². The molecule has 128 valence electrons. The van der Waals surface area contributed by atoms with Crippen LogP contribution in [0.2, 0.25) is 0 Å². The van der Waals surface area contributed by atoms with E-state index in [0.717, 1.165) is 17.5 Å². The first kappa shape index (κ1) is 16.3. The van der Waals surface area contributed by atoms with Crippen molar-refractivity contribution < 1.29 is 0 Å². The molecule has 0 radical (unpaired) electrons. The summed E-state index contributed by atoms with van der Waals surface area (Å²) < 4.78 is 0. The molecular weight excluding hydrogens is 324 g/mol. The van der Waals surface area contributed by atoms with E-state index in [1.165, 1.54) is 24.0 Å². The Morgan fingerprint density at radius 3 is 2.32 bits per heavy atom. The fourth-order valence-electron chi connectivity index (χ4n) is 4.10. The zero-order chi connectivity index (χ0) is 17.1. The summed E-state index contributed by atoms with van der Waals surface area (Å²) in [6.45, 7) is 0. The van der Waals surface area contributed by atoms with E-state index in [0.29, 0.717) is 12.0 Å². The number of hydrogen-bond donors (Lipinski definition) is 2. The Kier molecular flexibility index (Phi) is 4.84. The van der Waals surface area contributed by atoms with Crippen LogP contribution in [0.25, 0.3) is 0 Å². The Morgan fingerprint density at radius 2 is 1.68 bits per heavy atom. The maximum atomic E-state index is 5.65. The van der Waals surface area contributed by atoms with Crippen molar-refractivity contribution in [2.75, 3.05) is 0 Å². The van der Waals surface area contributed by atoms with Gasteiger partial charge >= 0.3 is 0 Å². The number of hydrogen-bond acceptors (Lipinski definition) is 1. The Balaban J connectivity index is 1.44. The molecule has 0 spiro atoms. The molecule has 1 saturated carbocycles. The standard InChI is InChI=1S/C22H24N2S/c25-22(24-21-15-17-11-12-19(21)13-17)23-20(18-9-5-2-6-10-18)14-16-7-3-1-4-8-16/h1-12,17,19-21H,13-15H2,(H2,23,24,25). The van der Waals surface area contributed by atoms with Crippen molar-refractivity contribution in [2.24, 2.45) is 11.8 Å². The average molecular weight is 349 g/mol. The summed E-state index contributed by atoms with van der Waals surface area (Å²) in [6, 6.07) is 21.8. The molecule has 2 aliphatic rings. The van der Waals surface area contributed by atoms with Crippen molar-refractivity contribution in [1.82, 2.24) is 10.6 Å². The van der Waals surface area contributed by atoms with E-state index in [1.807, 2.05) is 0 Å². The summed E-state index contributed by atoms with van der Waals surface area (Å²) in [6.07, 6.45) is 8.13. The van der Waals surface area contributed by atoms with Gasteiger partial charge in [-0.25, -0.2) is 0 Å². The lowest BCUT2D eigenvalue weighted by molar-refractivity contribution is 0.511. The first-order valence-corrected chi connectivity index (χ1v) is 9.53. The van der Waals surface area contributed by atoms with Crippen molar-refractivity contribution >= 4 is 17.3 Å². The van der Waals surface area contributed by atoms with Crippen LogP contribution in [-0.4, -0.2) is 11.2 Å². The highest BCUT2D eigenvalue weighted by atomic mass is 32.1. The van der Waals surface area contributed by atoms with Crippen LogP contribution in [0.3, 0.4) is 0 Å². The number of benzene rings is 2. The van der Waals surface area contributed by atoms with Gasteiger partial charge in [-0.05, 0) is 54.4 Å². The van der Waals surface area contributed by atoms with Gasteiger partial charge in [-0.3, -0.25) is 0 Å². The van der Waals surface area contributed by atoms with Crippen LogP contribution in [0.15, 0.2) is 72.8 Å². The Morgan fingerprint density at radius 1 is 0.960 bits per heavy atom. The van der Waals surface area contributed by atoms with Crippen LogP contribution in [0, 0.1) is 11.8 Å². The SMILES string of the molecule is S=C(NC(Cc1ccccc1)c1ccccc1)NC1CC2C=CC1C2. The second-order valence-electron chi connectivity index (χ2n) is 7.16. The summed E-state index contributed by atoms with van der Waals surface area (Å²) in [5.41, 5.74) is 2.58. The molecule has 2 aliphatic carbocycles. The predicted octanol–water partition coefficient (Wildman–Crippen LogP) is 4.40. The quantitative estimate of drug-likeness (QED) is 0.619. The molecule has 4 atom stereocenters. The fourth-order valence-corrected chi connectivity index (χ4v) is 4.40. The molecule has 0 aliphatic heterocycles. The van der Waals surface area contributed by atoms with E-state index >= 15 is 0 Å². The number of thiocarbonyl (C=S) groups is 1. The summed E-state index contributed by atoms with van der Waals surface area (Å²) in [4.78, 5) is 0. The number of allylic oxidation sites excluding steroid dienone is 1. The Hall–Kier alpha value is -2.13. The highest BCUT2D eigenvalue weighted by Gasteiger charge is 2.36. The normalized spacial score (nSPS) is 24.9. The third-order valence-electron chi connectivity index (χ3n) is 5.39. The number of fused-ring (bicyclic) bond motifs is 2. The monoisotopic (exact) mass is 348 g/mol. The van der Waals surface area contributed by atoms with E-state index in [-0.39, 0.29) is 6.04 Å². The van der Waals surface area contributed by atoms with Crippen molar-refractivity contribution in [2.45, 2.75) is 31.3 Å². The van der Waals surface area contributed by atoms with Crippen molar-refractivity contribution in [1.29, 1.82) is 0 Å². The maximum Gasteiger partial charge on any atom is 0.167 e. The van der Waals surface area contributed by atoms with Gasteiger partial charge in [0.25, 0.3) is 0 Å². The van der Waals surface area contributed by atoms with Crippen LogP contribution >= 0.6 is 12.2 Å². The Bertz CT molecular complexity index is 741. The van der Waals surface area contributed by atoms with Gasteiger partial charge in [-0.15, -0.1) is 0 Å². The molecule has 0 amide bonds. The first-order chi connectivity index (χ1) is 12.3. The lowest BCUT2D eigenvalue weighted by atomic mass is 9.99. The minimum absolute atomic E-state index is 0.178. The van der Waals surface area contributed by atoms with Gasteiger partial charge in [0.2, 0.25) is 0 Å². The molecule has 3 heteroatoms. The van der Waals surface area contributed by atoms with Crippen molar-refractivity contribution in [3.05, 3.63) is 83.9 Å². The lowest BCUT2D eigenvalue weighted by Crippen LogP contribution is -2.45. The summed E-state index contributed by atoms with van der Waals surface area (Å²) >= 11 is 5.65.